The fourth-order valence-electron chi connectivity index (χ4n) is 3.96. The van der Waals surface area contributed by atoms with Crippen molar-refractivity contribution in [1.82, 2.24) is 0 Å². The summed E-state index contributed by atoms with van der Waals surface area (Å²) in [6, 6.07) is 40.6. The van der Waals surface area contributed by atoms with Crippen LogP contribution in [0.5, 0.6) is 0 Å². The highest BCUT2D eigenvalue weighted by atomic mass is 35.5. The average Bonchev–Trinajstić information content (AvgIpc) is 2.87. The van der Waals surface area contributed by atoms with Crippen LogP contribution in [-0.4, -0.2) is 12.4 Å². The normalized spacial score (nSPS) is 11.2. The number of halogens is 1. The molecule has 0 aromatic heterocycles. The molecule has 32 heavy (non-hydrogen) atoms. The molecule has 0 fully saturated rings. The van der Waals surface area contributed by atoms with Gasteiger partial charge in [0.2, 0.25) is 0 Å². The Morgan fingerprint density at radius 3 is 0.844 bits per heavy atom. The van der Waals surface area contributed by atoms with Gasteiger partial charge in [-0.2, -0.15) is 0 Å². The highest BCUT2D eigenvalue weighted by Crippen LogP contribution is 2.53. The molecule has 0 heterocycles. The van der Waals surface area contributed by atoms with Crippen molar-refractivity contribution in [3.8, 4) is 0 Å². The minimum atomic E-state index is -0.772. The summed E-state index contributed by atoms with van der Waals surface area (Å²) < 4.78 is -1.54. The van der Waals surface area contributed by atoms with E-state index in [1.165, 1.54) is 12.4 Å². The lowest BCUT2D eigenvalue weighted by molar-refractivity contribution is 0.943. The molecular weight excluding hydrogens is 432 g/mol. The number of hydrogen-bond donors (Lipinski definition) is 2. The maximum Gasteiger partial charge on any atom is 0.102 e. The van der Waals surface area contributed by atoms with Crippen LogP contribution in [0.2, 0.25) is 0 Å². The minimum Gasteiger partial charge on any atom is -0.311 e. The minimum absolute atomic E-state index is 0. The number of thioether (sulfide) groups is 1. The van der Waals surface area contributed by atoms with Gasteiger partial charge in [0.1, 0.15) is 9.49 Å². The molecule has 0 saturated carbocycles. The molecule has 0 aliphatic rings. The molecule has 0 saturated heterocycles. The van der Waals surface area contributed by atoms with Gasteiger partial charge in [-0.15, -0.1) is 24.2 Å². The lowest BCUT2D eigenvalue weighted by Crippen LogP contribution is -2.36. The van der Waals surface area contributed by atoms with Crippen molar-refractivity contribution in [1.29, 1.82) is 10.8 Å². The molecular formula is C28H25ClN2S. The van der Waals surface area contributed by atoms with Gasteiger partial charge in [-0.05, 0) is 22.3 Å². The number of benzene rings is 4. The zero-order valence-corrected chi connectivity index (χ0v) is 19.2. The highest BCUT2D eigenvalue weighted by molar-refractivity contribution is 8.02. The van der Waals surface area contributed by atoms with Crippen LogP contribution in [0, 0.1) is 10.8 Å². The fraction of sp³-hybridized carbons (Fsp3) is 0.0714. The molecule has 0 radical (unpaired) electrons. The van der Waals surface area contributed by atoms with E-state index >= 15 is 0 Å². The van der Waals surface area contributed by atoms with Gasteiger partial charge in [-0.25, -0.2) is 0 Å². The van der Waals surface area contributed by atoms with Crippen molar-refractivity contribution in [3.05, 3.63) is 144 Å². The summed E-state index contributed by atoms with van der Waals surface area (Å²) in [5, 5.41) is 17.3. The van der Waals surface area contributed by atoms with Gasteiger partial charge in [0.05, 0.1) is 0 Å². The third kappa shape index (κ3) is 4.27. The van der Waals surface area contributed by atoms with Crippen molar-refractivity contribution in [3.63, 3.8) is 0 Å². The maximum atomic E-state index is 8.64. The van der Waals surface area contributed by atoms with Gasteiger partial charge >= 0.3 is 0 Å². The number of nitrogens with one attached hydrogen (secondary N) is 2. The molecule has 4 rings (SSSR count). The fourth-order valence-corrected chi connectivity index (χ4v) is 5.60. The third-order valence-electron chi connectivity index (χ3n) is 5.54. The predicted octanol–water partition coefficient (Wildman–Crippen LogP) is 7.33. The lowest BCUT2D eigenvalue weighted by Gasteiger charge is -2.40. The molecule has 0 atom stereocenters. The summed E-state index contributed by atoms with van der Waals surface area (Å²) in [6.45, 7) is 0. The Morgan fingerprint density at radius 2 is 0.656 bits per heavy atom. The lowest BCUT2D eigenvalue weighted by atomic mass is 9.90. The Kier molecular flexibility index (Phi) is 7.68. The summed E-state index contributed by atoms with van der Waals surface area (Å²) in [5.41, 5.74) is 4.05. The zero-order valence-electron chi connectivity index (χ0n) is 17.5. The second kappa shape index (κ2) is 10.4. The Balaban J connectivity index is 0.00000289. The second-order valence-electron chi connectivity index (χ2n) is 7.33. The van der Waals surface area contributed by atoms with E-state index in [0.717, 1.165) is 22.3 Å². The molecule has 160 valence electrons. The molecule has 0 unspecified atom stereocenters. The summed E-state index contributed by atoms with van der Waals surface area (Å²) >= 11 is 1.61. The van der Waals surface area contributed by atoms with E-state index < -0.39 is 9.49 Å². The molecule has 0 aliphatic heterocycles. The first-order valence-corrected chi connectivity index (χ1v) is 11.0. The van der Waals surface area contributed by atoms with E-state index in [1.54, 1.807) is 11.8 Å². The van der Waals surface area contributed by atoms with Gasteiger partial charge in [-0.1, -0.05) is 121 Å². The predicted molar refractivity (Wildman–Crippen MR) is 140 cm³/mol. The topological polar surface area (TPSA) is 47.7 Å². The third-order valence-corrected chi connectivity index (χ3v) is 7.36. The van der Waals surface area contributed by atoms with Crippen LogP contribution < -0.4 is 0 Å². The Bertz CT molecular complexity index is 961. The van der Waals surface area contributed by atoms with Crippen LogP contribution in [0.3, 0.4) is 0 Å². The van der Waals surface area contributed by atoms with Crippen LogP contribution in [0.25, 0.3) is 0 Å². The standard InChI is InChI=1S/C28H24N2S.ClH/c29-21-27(23-13-5-1-6-14-23,24-15-7-2-8-16-24)31-28(22-30,25-17-9-3-10-18-25)26-19-11-4-12-20-26;/h1-22,29-30H;1H. The first-order valence-electron chi connectivity index (χ1n) is 10.2. The van der Waals surface area contributed by atoms with E-state index in [9.17, 15) is 0 Å². The number of hydrogen-bond acceptors (Lipinski definition) is 3. The van der Waals surface area contributed by atoms with Crippen LogP contribution in [0.1, 0.15) is 22.3 Å². The monoisotopic (exact) mass is 456 g/mol. The molecule has 4 heteroatoms. The van der Waals surface area contributed by atoms with Gasteiger partial charge in [0.15, 0.2) is 0 Å². The first kappa shape index (κ1) is 23.5. The highest BCUT2D eigenvalue weighted by Gasteiger charge is 2.44. The van der Waals surface area contributed by atoms with E-state index in [0.29, 0.717) is 0 Å². The van der Waals surface area contributed by atoms with E-state index in [1.807, 2.05) is 72.8 Å². The number of rotatable bonds is 8. The summed E-state index contributed by atoms with van der Waals surface area (Å²) in [7, 11) is 0. The van der Waals surface area contributed by atoms with Crippen LogP contribution in [0.4, 0.5) is 0 Å². The second-order valence-corrected chi connectivity index (χ2v) is 8.82. The summed E-state index contributed by atoms with van der Waals surface area (Å²) in [5.74, 6) is 0. The smallest absolute Gasteiger partial charge is 0.102 e. The molecule has 0 bridgehead atoms. The zero-order chi connectivity index (χ0) is 21.6. The van der Waals surface area contributed by atoms with Crippen molar-refractivity contribution in [2.75, 3.05) is 0 Å². The average molecular weight is 457 g/mol. The summed E-state index contributed by atoms with van der Waals surface area (Å²) in [6.07, 6.45) is 3.04. The van der Waals surface area contributed by atoms with Gasteiger partial charge in [0, 0.05) is 12.4 Å². The molecule has 0 amide bonds. The Hall–Kier alpha value is -3.14. The van der Waals surface area contributed by atoms with Crippen LogP contribution in [-0.2, 0) is 9.49 Å². The Morgan fingerprint density at radius 1 is 0.438 bits per heavy atom. The van der Waals surface area contributed by atoms with E-state index in [2.05, 4.69) is 48.5 Å². The molecule has 0 spiro atoms. The van der Waals surface area contributed by atoms with Crippen molar-refractivity contribution in [2.45, 2.75) is 9.49 Å². The van der Waals surface area contributed by atoms with E-state index in [4.69, 9.17) is 10.8 Å². The maximum absolute atomic E-state index is 8.64. The first-order chi connectivity index (χ1) is 15.2. The van der Waals surface area contributed by atoms with E-state index in [-0.39, 0.29) is 12.4 Å². The van der Waals surface area contributed by atoms with Crippen LogP contribution >= 0.6 is 24.2 Å². The Labute approximate surface area is 200 Å². The van der Waals surface area contributed by atoms with Gasteiger partial charge in [-0.3, -0.25) is 0 Å². The molecule has 4 aromatic carbocycles. The molecule has 4 aromatic rings. The van der Waals surface area contributed by atoms with Gasteiger partial charge < -0.3 is 10.8 Å². The molecule has 0 aliphatic carbocycles. The van der Waals surface area contributed by atoms with Crippen molar-refractivity contribution in [2.24, 2.45) is 0 Å². The SMILES string of the molecule is Cl.N=CC(SC(C=N)(c1ccccc1)c1ccccc1)(c1ccccc1)c1ccccc1. The largest absolute Gasteiger partial charge is 0.311 e. The molecule has 2 N–H and O–H groups in total. The van der Waals surface area contributed by atoms with Crippen molar-refractivity contribution < 1.29 is 0 Å². The van der Waals surface area contributed by atoms with Gasteiger partial charge in [0.25, 0.3) is 0 Å². The quantitative estimate of drug-likeness (QED) is 0.268. The van der Waals surface area contributed by atoms with Crippen LogP contribution in [0.15, 0.2) is 121 Å². The molecule has 2 nitrogen and oxygen atoms in total. The summed E-state index contributed by atoms with van der Waals surface area (Å²) in [4.78, 5) is 0. The van der Waals surface area contributed by atoms with Crippen molar-refractivity contribution >= 4 is 36.6 Å².